The lowest BCUT2D eigenvalue weighted by atomic mass is 10.1. The van der Waals surface area contributed by atoms with Crippen LogP contribution in [0.25, 0.3) is 0 Å². The van der Waals surface area contributed by atoms with E-state index >= 15 is 0 Å². The van der Waals surface area contributed by atoms with Gasteiger partial charge in [0.2, 0.25) is 0 Å². The molecule has 0 aromatic carbocycles. The molecule has 0 bridgehead atoms. The molecular weight excluding hydrogens is 190 g/mol. The van der Waals surface area contributed by atoms with Gasteiger partial charge in [0.25, 0.3) is 5.70 Å². The zero-order valence-electron chi connectivity index (χ0n) is 7.29. The minimum Gasteiger partial charge on any atom is -0.258 e. The summed E-state index contributed by atoms with van der Waals surface area (Å²) in [5.41, 5.74) is 1.82. The maximum Gasteiger partial charge on any atom is 0.270 e. The summed E-state index contributed by atoms with van der Waals surface area (Å²) in [6.07, 6.45) is 5.75. The first-order valence-corrected chi connectivity index (χ1v) is 4.46. The van der Waals surface area contributed by atoms with Crippen LogP contribution in [0.2, 0.25) is 0 Å². The van der Waals surface area contributed by atoms with Gasteiger partial charge in [-0.1, -0.05) is 17.7 Å². The molecule has 3 nitrogen and oxygen atoms in total. The molecule has 1 rings (SSSR count). The Bertz CT molecular complexity index is 316. The number of nitro groups is 1. The van der Waals surface area contributed by atoms with Gasteiger partial charge in [-0.05, 0) is 13.3 Å². The van der Waals surface area contributed by atoms with E-state index in [2.05, 4.69) is 0 Å². The van der Waals surface area contributed by atoms with Gasteiger partial charge >= 0.3 is 0 Å². The fourth-order valence-electron chi connectivity index (χ4n) is 1.10. The number of hydrogen-bond donors (Lipinski definition) is 0. The summed E-state index contributed by atoms with van der Waals surface area (Å²) >= 11 is 5.61. The zero-order chi connectivity index (χ0) is 9.84. The van der Waals surface area contributed by atoms with E-state index in [1.807, 2.05) is 13.0 Å². The van der Waals surface area contributed by atoms with Crippen LogP contribution in [0.3, 0.4) is 0 Å². The first-order valence-electron chi connectivity index (χ1n) is 3.92. The molecule has 1 aliphatic carbocycles. The predicted molar refractivity (Wildman–Crippen MR) is 52.3 cm³/mol. The Hall–Kier alpha value is -1.09. The average Bonchev–Trinajstić information content (AvgIpc) is 2.26. The highest BCUT2D eigenvalue weighted by molar-refractivity contribution is 6.19. The SMILES string of the molecule is CC1=CCC(CCl)=C([N+](=O)[O-])C=C1. The normalized spacial score (nSPS) is 16.9. The number of nitrogens with zero attached hydrogens (tertiary/aromatic N) is 1. The van der Waals surface area contributed by atoms with E-state index in [0.717, 1.165) is 5.57 Å². The summed E-state index contributed by atoms with van der Waals surface area (Å²) in [6, 6.07) is 0. The molecule has 13 heavy (non-hydrogen) atoms. The molecular formula is C9H10ClNO2. The quantitative estimate of drug-likeness (QED) is 0.390. The topological polar surface area (TPSA) is 43.1 Å². The van der Waals surface area contributed by atoms with Gasteiger partial charge in [0, 0.05) is 11.6 Å². The Kier molecular flexibility index (Phi) is 3.25. The molecule has 4 heteroatoms. The van der Waals surface area contributed by atoms with Crippen LogP contribution in [0.5, 0.6) is 0 Å². The molecule has 0 unspecified atom stereocenters. The van der Waals surface area contributed by atoms with E-state index < -0.39 is 0 Å². The highest BCUT2D eigenvalue weighted by Crippen LogP contribution is 2.19. The molecule has 0 radical (unpaired) electrons. The molecule has 1 aliphatic rings. The van der Waals surface area contributed by atoms with Crippen molar-refractivity contribution in [3.05, 3.63) is 45.2 Å². The molecule has 0 spiro atoms. The van der Waals surface area contributed by atoms with Crippen molar-refractivity contribution in [3.8, 4) is 0 Å². The fourth-order valence-corrected chi connectivity index (χ4v) is 1.34. The third-order valence-corrected chi connectivity index (χ3v) is 2.22. The summed E-state index contributed by atoms with van der Waals surface area (Å²) in [7, 11) is 0. The zero-order valence-corrected chi connectivity index (χ0v) is 8.04. The van der Waals surface area contributed by atoms with Crippen LogP contribution in [0.4, 0.5) is 0 Å². The maximum absolute atomic E-state index is 10.6. The standard InChI is InChI=1S/C9H10ClNO2/c1-7-2-4-8(6-10)9(5-3-7)11(12)13/h2-3,5H,4,6H2,1H3. The second-order valence-corrected chi connectivity index (χ2v) is 3.13. The van der Waals surface area contributed by atoms with Gasteiger partial charge in [0.1, 0.15) is 0 Å². The largest absolute Gasteiger partial charge is 0.270 e. The van der Waals surface area contributed by atoms with Crippen LogP contribution < -0.4 is 0 Å². The van der Waals surface area contributed by atoms with Crippen molar-refractivity contribution in [2.24, 2.45) is 0 Å². The highest BCUT2D eigenvalue weighted by Gasteiger charge is 2.15. The minimum absolute atomic E-state index is 0.128. The third-order valence-electron chi connectivity index (χ3n) is 1.89. The maximum atomic E-state index is 10.6. The molecule has 0 saturated heterocycles. The van der Waals surface area contributed by atoms with E-state index in [0.29, 0.717) is 12.0 Å². The van der Waals surface area contributed by atoms with Gasteiger partial charge < -0.3 is 0 Å². The molecule has 0 aromatic rings. The van der Waals surface area contributed by atoms with Gasteiger partial charge in [-0.3, -0.25) is 10.1 Å². The number of alkyl halides is 1. The first kappa shape index (κ1) is 9.99. The van der Waals surface area contributed by atoms with Crippen LogP contribution in [-0.4, -0.2) is 10.8 Å². The van der Waals surface area contributed by atoms with E-state index in [9.17, 15) is 10.1 Å². The molecule has 0 atom stereocenters. The average molecular weight is 200 g/mol. The van der Waals surface area contributed by atoms with E-state index in [1.165, 1.54) is 6.08 Å². The van der Waals surface area contributed by atoms with Crippen molar-refractivity contribution in [1.29, 1.82) is 0 Å². The fraction of sp³-hybridized carbons (Fsp3) is 0.333. The summed E-state index contributed by atoms with van der Waals surface area (Å²) in [5.74, 6) is 0.213. The molecule has 0 amide bonds. The van der Waals surface area contributed by atoms with Gasteiger partial charge in [-0.2, -0.15) is 0 Å². The lowest BCUT2D eigenvalue weighted by Crippen LogP contribution is -2.01. The van der Waals surface area contributed by atoms with Crippen molar-refractivity contribution < 1.29 is 4.92 Å². The molecule has 0 saturated carbocycles. The molecule has 0 heterocycles. The minimum atomic E-state index is -0.388. The molecule has 0 aromatic heterocycles. The number of hydrogen-bond acceptors (Lipinski definition) is 2. The second kappa shape index (κ2) is 4.23. The van der Waals surface area contributed by atoms with Crippen LogP contribution in [-0.2, 0) is 0 Å². The number of halogens is 1. The van der Waals surface area contributed by atoms with Crippen molar-refractivity contribution in [3.63, 3.8) is 0 Å². The van der Waals surface area contributed by atoms with Gasteiger partial charge in [0.15, 0.2) is 0 Å². The summed E-state index contributed by atoms with van der Waals surface area (Å²) in [5, 5.41) is 10.6. The van der Waals surface area contributed by atoms with Crippen LogP contribution in [0.15, 0.2) is 35.1 Å². The van der Waals surface area contributed by atoms with Gasteiger partial charge in [-0.25, -0.2) is 0 Å². The molecule has 0 N–H and O–H groups in total. The monoisotopic (exact) mass is 199 g/mol. The Balaban J connectivity index is 3.05. The lowest BCUT2D eigenvalue weighted by molar-refractivity contribution is -0.420. The number of rotatable bonds is 2. The van der Waals surface area contributed by atoms with E-state index in [-0.39, 0.29) is 16.5 Å². The van der Waals surface area contributed by atoms with Crippen molar-refractivity contribution in [2.75, 3.05) is 5.88 Å². The molecule has 0 aliphatic heterocycles. The summed E-state index contributed by atoms with van der Waals surface area (Å²) in [4.78, 5) is 10.2. The van der Waals surface area contributed by atoms with Gasteiger partial charge in [-0.15, -0.1) is 11.6 Å². The van der Waals surface area contributed by atoms with Crippen LogP contribution in [0.1, 0.15) is 13.3 Å². The highest BCUT2D eigenvalue weighted by atomic mass is 35.5. The molecule has 70 valence electrons. The predicted octanol–water partition coefficient (Wildman–Crippen LogP) is 2.66. The van der Waals surface area contributed by atoms with Crippen LogP contribution >= 0.6 is 11.6 Å². The van der Waals surface area contributed by atoms with Crippen molar-refractivity contribution >= 4 is 11.6 Å². The van der Waals surface area contributed by atoms with E-state index in [4.69, 9.17) is 11.6 Å². The Labute approximate surface area is 81.5 Å². The first-order chi connectivity index (χ1) is 6.15. The molecule has 0 fully saturated rings. The Morgan fingerprint density at radius 2 is 2.31 bits per heavy atom. The van der Waals surface area contributed by atoms with Crippen LogP contribution in [0, 0.1) is 10.1 Å². The lowest BCUT2D eigenvalue weighted by Gasteiger charge is -1.97. The summed E-state index contributed by atoms with van der Waals surface area (Å²) < 4.78 is 0. The Morgan fingerprint density at radius 3 is 2.85 bits per heavy atom. The van der Waals surface area contributed by atoms with E-state index in [1.54, 1.807) is 6.08 Å². The van der Waals surface area contributed by atoms with Gasteiger partial charge in [0.05, 0.1) is 10.8 Å². The smallest absolute Gasteiger partial charge is 0.258 e. The second-order valence-electron chi connectivity index (χ2n) is 2.87. The van der Waals surface area contributed by atoms with Crippen molar-refractivity contribution in [1.82, 2.24) is 0 Å². The summed E-state index contributed by atoms with van der Waals surface area (Å²) in [6.45, 7) is 1.91. The number of allylic oxidation sites excluding steroid dienone is 5. The van der Waals surface area contributed by atoms with Crippen molar-refractivity contribution in [2.45, 2.75) is 13.3 Å². The Morgan fingerprint density at radius 1 is 1.62 bits per heavy atom. The third kappa shape index (κ3) is 2.42.